The Morgan fingerprint density at radius 3 is 2.32 bits per heavy atom. The Morgan fingerprint density at radius 2 is 1.68 bits per heavy atom. The van der Waals surface area contributed by atoms with Gasteiger partial charge in [-0.2, -0.15) is 0 Å². The SMILES string of the molecule is Clc1cc(Cl)c(-c2ccc(OC3CC3)cc2)nc1Cl. The number of nitrogens with zero attached hydrogens (tertiary/aromatic N) is 1. The molecule has 5 heteroatoms. The van der Waals surface area contributed by atoms with Crippen LogP contribution in [0.3, 0.4) is 0 Å². The van der Waals surface area contributed by atoms with E-state index in [-0.39, 0.29) is 5.15 Å². The van der Waals surface area contributed by atoms with Crippen molar-refractivity contribution >= 4 is 34.8 Å². The van der Waals surface area contributed by atoms with Crippen LogP contribution < -0.4 is 4.74 Å². The fraction of sp³-hybridized carbons (Fsp3) is 0.214. The minimum atomic E-state index is 0.249. The zero-order valence-corrected chi connectivity index (χ0v) is 12.1. The first-order valence-electron chi connectivity index (χ1n) is 5.92. The number of aromatic nitrogens is 1. The van der Waals surface area contributed by atoms with E-state index in [0.29, 0.717) is 21.8 Å². The molecule has 0 saturated heterocycles. The molecule has 1 aromatic carbocycles. The Labute approximate surface area is 126 Å². The predicted molar refractivity (Wildman–Crippen MR) is 78.4 cm³/mol. The van der Waals surface area contributed by atoms with Gasteiger partial charge in [-0.15, -0.1) is 0 Å². The molecule has 1 aliphatic carbocycles. The minimum absolute atomic E-state index is 0.249. The van der Waals surface area contributed by atoms with E-state index in [1.165, 1.54) is 0 Å². The molecule has 0 spiro atoms. The standard InChI is InChI=1S/C14H10Cl3NO/c15-11-7-12(16)14(17)18-13(11)8-1-3-9(4-2-8)19-10-5-6-10/h1-4,7,10H,5-6H2. The summed E-state index contributed by atoms with van der Waals surface area (Å²) in [5.74, 6) is 0.863. The average molecular weight is 315 g/mol. The van der Waals surface area contributed by atoms with E-state index in [9.17, 15) is 0 Å². The molecule has 0 amide bonds. The van der Waals surface area contributed by atoms with Gasteiger partial charge in [-0.05, 0) is 43.2 Å². The monoisotopic (exact) mass is 313 g/mol. The summed E-state index contributed by atoms with van der Waals surface area (Å²) in [5.41, 5.74) is 1.50. The summed E-state index contributed by atoms with van der Waals surface area (Å²) >= 11 is 17.9. The maximum Gasteiger partial charge on any atom is 0.148 e. The molecule has 0 aliphatic heterocycles. The van der Waals surface area contributed by atoms with Crippen molar-refractivity contribution in [3.05, 3.63) is 45.5 Å². The lowest BCUT2D eigenvalue weighted by Crippen LogP contribution is -1.95. The second kappa shape index (κ2) is 5.20. The third-order valence-corrected chi connectivity index (χ3v) is 3.80. The van der Waals surface area contributed by atoms with E-state index in [4.69, 9.17) is 39.5 Å². The predicted octanol–water partition coefficient (Wildman–Crippen LogP) is 5.25. The molecule has 1 aliphatic rings. The number of benzene rings is 1. The first-order valence-corrected chi connectivity index (χ1v) is 7.05. The number of rotatable bonds is 3. The Hall–Kier alpha value is -0.960. The van der Waals surface area contributed by atoms with Crippen LogP contribution >= 0.6 is 34.8 Å². The van der Waals surface area contributed by atoms with Crippen LogP contribution in [0, 0.1) is 0 Å². The molecule has 0 radical (unpaired) electrons. The van der Waals surface area contributed by atoms with Crippen molar-refractivity contribution in [1.82, 2.24) is 4.98 Å². The third-order valence-electron chi connectivity index (χ3n) is 2.84. The molecule has 1 aromatic heterocycles. The summed E-state index contributed by atoms with van der Waals surface area (Å²) < 4.78 is 5.69. The minimum Gasteiger partial charge on any atom is -0.490 e. The quantitative estimate of drug-likeness (QED) is 0.722. The van der Waals surface area contributed by atoms with Crippen LogP contribution in [0.25, 0.3) is 11.3 Å². The molecular weight excluding hydrogens is 305 g/mol. The van der Waals surface area contributed by atoms with E-state index >= 15 is 0 Å². The van der Waals surface area contributed by atoms with E-state index in [1.807, 2.05) is 24.3 Å². The Kier molecular flexibility index (Phi) is 3.57. The molecule has 1 heterocycles. The zero-order valence-electron chi connectivity index (χ0n) is 9.87. The van der Waals surface area contributed by atoms with Gasteiger partial charge in [0.2, 0.25) is 0 Å². The molecule has 3 rings (SSSR count). The van der Waals surface area contributed by atoms with Crippen LogP contribution in [0.5, 0.6) is 5.75 Å². The van der Waals surface area contributed by atoms with Crippen LogP contribution in [-0.2, 0) is 0 Å². The van der Waals surface area contributed by atoms with Crippen LogP contribution in [0.2, 0.25) is 15.2 Å². The summed E-state index contributed by atoms with van der Waals surface area (Å²) in [6.45, 7) is 0. The van der Waals surface area contributed by atoms with Crippen LogP contribution in [0.4, 0.5) is 0 Å². The van der Waals surface area contributed by atoms with Gasteiger partial charge in [0.05, 0.1) is 21.8 Å². The van der Waals surface area contributed by atoms with E-state index in [1.54, 1.807) is 6.07 Å². The van der Waals surface area contributed by atoms with Crippen molar-refractivity contribution in [3.8, 4) is 17.0 Å². The summed E-state index contributed by atoms with van der Waals surface area (Å²) in [6, 6.07) is 9.25. The molecule has 0 unspecified atom stereocenters. The van der Waals surface area contributed by atoms with Crippen molar-refractivity contribution in [3.63, 3.8) is 0 Å². The highest BCUT2D eigenvalue weighted by molar-refractivity contribution is 6.42. The Bertz CT molecular complexity index is 609. The zero-order chi connectivity index (χ0) is 13.4. The highest BCUT2D eigenvalue weighted by Crippen LogP contribution is 2.33. The highest BCUT2D eigenvalue weighted by atomic mass is 35.5. The van der Waals surface area contributed by atoms with Crippen LogP contribution in [-0.4, -0.2) is 11.1 Å². The summed E-state index contributed by atoms with van der Waals surface area (Å²) in [4.78, 5) is 4.21. The maximum atomic E-state index is 6.13. The number of hydrogen-bond donors (Lipinski definition) is 0. The van der Waals surface area contributed by atoms with Crippen molar-refractivity contribution in [2.45, 2.75) is 18.9 Å². The maximum absolute atomic E-state index is 6.13. The van der Waals surface area contributed by atoms with E-state index < -0.39 is 0 Å². The van der Waals surface area contributed by atoms with Crippen LogP contribution in [0.15, 0.2) is 30.3 Å². The third kappa shape index (κ3) is 2.97. The van der Waals surface area contributed by atoms with Gasteiger partial charge in [0.1, 0.15) is 10.9 Å². The Morgan fingerprint density at radius 1 is 1.00 bits per heavy atom. The first kappa shape index (κ1) is 13.0. The van der Waals surface area contributed by atoms with Gasteiger partial charge in [-0.1, -0.05) is 34.8 Å². The van der Waals surface area contributed by atoms with Gasteiger partial charge in [-0.25, -0.2) is 4.98 Å². The smallest absolute Gasteiger partial charge is 0.148 e. The lowest BCUT2D eigenvalue weighted by molar-refractivity contribution is 0.303. The second-order valence-electron chi connectivity index (χ2n) is 4.43. The fourth-order valence-electron chi connectivity index (χ4n) is 1.72. The van der Waals surface area contributed by atoms with Crippen molar-refractivity contribution in [2.24, 2.45) is 0 Å². The molecule has 2 nitrogen and oxygen atoms in total. The topological polar surface area (TPSA) is 22.1 Å². The summed E-state index contributed by atoms with van der Waals surface area (Å²) in [6.07, 6.45) is 2.67. The van der Waals surface area contributed by atoms with Gasteiger partial charge in [-0.3, -0.25) is 0 Å². The number of halogens is 3. The molecule has 0 bridgehead atoms. The summed E-state index contributed by atoms with van der Waals surface area (Å²) in [5, 5.41) is 1.08. The molecular formula is C14H10Cl3NO. The number of hydrogen-bond acceptors (Lipinski definition) is 2. The Balaban J connectivity index is 1.90. The number of ether oxygens (including phenoxy) is 1. The van der Waals surface area contributed by atoms with Gasteiger partial charge < -0.3 is 4.74 Å². The average Bonchev–Trinajstić information content (AvgIpc) is 3.19. The van der Waals surface area contributed by atoms with Crippen molar-refractivity contribution in [2.75, 3.05) is 0 Å². The lowest BCUT2D eigenvalue weighted by Gasteiger charge is -2.08. The normalized spacial score (nSPS) is 14.5. The fourth-order valence-corrected chi connectivity index (χ4v) is 2.32. The molecule has 98 valence electrons. The molecule has 0 N–H and O–H groups in total. The largest absolute Gasteiger partial charge is 0.490 e. The van der Waals surface area contributed by atoms with Gasteiger partial charge in [0.15, 0.2) is 0 Å². The first-order chi connectivity index (χ1) is 9.13. The van der Waals surface area contributed by atoms with Crippen molar-refractivity contribution < 1.29 is 4.74 Å². The van der Waals surface area contributed by atoms with Crippen molar-refractivity contribution in [1.29, 1.82) is 0 Å². The number of pyridine rings is 1. The second-order valence-corrected chi connectivity index (χ2v) is 5.61. The lowest BCUT2D eigenvalue weighted by atomic mass is 10.1. The van der Waals surface area contributed by atoms with Gasteiger partial charge in [0.25, 0.3) is 0 Å². The van der Waals surface area contributed by atoms with Crippen LogP contribution in [0.1, 0.15) is 12.8 Å². The summed E-state index contributed by atoms with van der Waals surface area (Å²) in [7, 11) is 0. The molecule has 1 saturated carbocycles. The van der Waals surface area contributed by atoms with E-state index in [0.717, 1.165) is 24.2 Å². The van der Waals surface area contributed by atoms with E-state index in [2.05, 4.69) is 4.98 Å². The molecule has 1 fully saturated rings. The van der Waals surface area contributed by atoms with Gasteiger partial charge >= 0.3 is 0 Å². The molecule has 2 aromatic rings. The van der Waals surface area contributed by atoms with Gasteiger partial charge in [0, 0.05) is 5.56 Å². The highest BCUT2D eigenvalue weighted by Gasteiger charge is 2.23. The molecule has 0 atom stereocenters. The molecule has 19 heavy (non-hydrogen) atoms.